The Kier molecular flexibility index (Phi) is 7.51. The van der Waals surface area contributed by atoms with Crippen molar-refractivity contribution in [1.29, 1.82) is 0 Å². The number of unbranched alkanes of at least 4 members (excludes halogenated alkanes) is 1. The van der Waals surface area contributed by atoms with Crippen LogP contribution in [0.5, 0.6) is 11.5 Å². The van der Waals surface area contributed by atoms with Crippen LogP contribution in [0.15, 0.2) is 41.3 Å². The molecule has 2 aromatic rings. The van der Waals surface area contributed by atoms with Gasteiger partial charge in [0.05, 0.1) is 32.1 Å². The smallest absolute Gasteiger partial charge is 0.338 e. The lowest BCUT2D eigenvalue weighted by atomic mass is 10.0. The van der Waals surface area contributed by atoms with E-state index < -0.39 is 21.9 Å². The van der Waals surface area contributed by atoms with E-state index in [1.807, 2.05) is 6.92 Å². The number of methoxy groups -OCH3 is 2. The minimum absolute atomic E-state index is 0.280. The molecule has 0 atom stereocenters. The molecule has 0 bridgehead atoms. The van der Waals surface area contributed by atoms with E-state index >= 15 is 0 Å². The number of hydrogen-bond acceptors (Lipinski definition) is 7. The van der Waals surface area contributed by atoms with E-state index in [4.69, 9.17) is 14.2 Å². The molecular formula is C24H28N2O7S. The second-order valence-corrected chi connectivity index (χ2v) is 9.58. The molecule has 1 aliphatic rings. The van der Waals surface area contributed by atoms with Gasteiger partial charge in [-0.05, 0) is 49.2 Å². The summed E-state index contributed by atoms with van der Waals surface area (Å²) >= 11 is 0. The molecule has 0 spiro atoms. The van der Waals surface area contributed by atoms with Gasteiger partial charge in [0.1, 0.15) is 0 Å². The van der Waals surface area contributed by atoms with Gasteiger partial charge in [-0.15, -0.1) is 0 Å². The summed E-state index contributed by atoms with van der Waals surface area (Å²) in [5.74, 6) is -0.461. The zero-order chi connectivity index (χ0) is 25.0. The van der Waals surface area contributed by atoms with Crippen molar-refractivity contribution in [3.05, 3.63) is 52.4 Å². The maximum Gasteiger partial charge on any atom is 0.338 e. The molecule has 0 fully saturated rings. The number of nitrogens with one attached hydrogen (secondary N) is 1. The molecule has 1 aliphatic heterocycles. The lowest BCUT2D eigenvalue weighted by Crippen LogP contribution is -2.36. The van der Waals surface area contributed by atoms with Gasteiger partial charge in [0.25, 0.3) is 15.9 Å². The molecule has 34 heavy (non-hydrogen) atoms. The van der Waals surface area contributed by atoms with Gasteiger partial charge in [0.15, 0.2) is 16.4 Å². The van der Waals surface area contributed by atoms with E-state index in [0.29, 0.717) is 40.6 Å². The third-order valence-corrected chi connectivity index (χ3v) is 7.45. The Morgan fingerprint density at radius 1 is 1.03 bits per heavy atom. The number of anilines is 2. The summed E-state index contributed by atoms with van der Waals surface area (Å²) in [4.78, 5) is 24.8. The molecule has 0 radical (unpaired) electrons. The quantitative estimate of drug-likeness (QED) is 0.444. The van der Waals surface area contributed by atoms with E-state index in [2.05, 4.69) is 5.32 Å². The van der Waals surface area contributed by atoms with Gasteiger partial charge in [0.2, 0.25) is 0 Å². The van der Waals surface area contributed by atoms with Crippen molar-refractivity contribution in [1.82, 2.24) is 0 Å². The summed E-state index contributed by atoms with van der Waals surface area (Å²) in [5, 5.41) is 2.61. The first kappa shape index (κ1) is 25.1. The van der Waals surface area contributed by atoms with Crippen LogP contribution in [0.25, 0.3) is 5.57 Å². The highest BCUT2D eigenvalue weighted by atomic mass is 32.2. The lowest BCUT2D eigenvalue weighted by Gasteiger charge is -2.30. The largest absolute Gasteiger partial charge is 0.493 e. The molecule has 2 aromatic carbocycles. The van der Waals surface area contributed by atoms with Gasteiger partial charge in [-0.2, -0.15) is 0 Å². The Balaban J connectivity index is 1.91. The van der Waals surface area contributed by atoms with Gasteiger partial charge in [-0.3, -0.25) is 9.10 Å². The molecule has 182 valence electrons. The zero-order valence-corrected chi connectivity index (χ0v) is 20.6. The van der Waals surface area contributed by atoms with Crippen molar-refractivity contribution >= 4 is 38.8 Å². The summed E-state index contributed by atoms with van der Waals surface area (Å²) in [6, 6.07) is 9.26. The zero-order valence-electron chi connectivity index (χ0n) is 19.8. The fourth-order valence-electron chi connectivity index (χ4n) is 3.57. The van der Waals surface area contributed by atoms with Crippen LogP contribution in [0.2, 0.25) is 0 Å². The number of fused-ring (bicyclic) bond motifs is 1. The fraction of sp³-hybridized carbons (Fsp3) is 0.333. The van der Waals surface area contributed by atoms with Crippen LogP contribution < -0.4 is 19.1 Å². The van der Waals surface area contributed by atoms with E-state index in [0.717, 1.165) is 17.1 Å². The van der Waals surface area contributed by atoms with Crippen molar-refractivity contribution in [2.24, 2.45) is 0 Å². The van der Waals surface area contributed by atoms with Crippen LogP contribution in [-0.2, 0) is 19.6 Å². The molecule has 0 saturated heterocycles. The molecule has 0 saturated carbocycles. The molecule has 1 heterocycles. The number of carbonyl (C=O) groups excluding carboxylic acids is 2. The SMILES string of the molecule is CCCCOC(=O)c1ccc(NC(=O)C2=C(C)c3cc(OC)c(OC)cc3N(C)S2(=O)=O)cc1. The highest BCUT2D eigenvalue weighted by Crippen LogP contribution is 2.44. The van der Waals surface area contributed by atoms with Crippen molar-refractivity contribution in [3.8, 4) is 11.5 Å². The number of benzene rings is 2. The van der Waals surface area contributed by atoms with Crippen LogP contribution in [0.1, 0.15) is 42.6 Å². The van der Waals surface area contributed by atoms with Gasteiger partial charge in [-0.25, -0.2) is 13.2 Å². The van der Waals surface area contributed by atoms with E-state index in [-0.39, 0.29) is 10.5 Å². The minimum Gasteiger partial charge on any atom is -0.493 e. The van der Waals surface area contributed by atoms with Gasteiger partial charge < -0.3 is 19.5 Å². The maximum atomic E-state index is 13.2. The first-order chi connectivity index (χ1) is 16.1. The van der Waals surface area contributed by atoms with E-state index in [1.54, 1.807) is 19.1 Å². The summed E-state index contributed by atoms with van der Waals surface area (Å²) in [5.41, 5.74) is 1.86. The number of rotatable bonds is 8. The molecule has 1 amide bonds. The maximum absolute atomic E-state index is 13.2. The predicted octanol–water partition coefficient (Wildman–Crippen LogP) is 3.81. The Morgan fingerprint density at radius 3 is 2.24 bits per heavy atom. The van der Waals surface area contributed by atoms with Crippen LogP contribution in [0.3, 0.4) is 0 Å². The Labute approximate surface area is 199 Å². The highest BCUT2D eigenvalue weighted by Gasteiger charge is 2.38. The minimum atomic E-state index is -4.13. The van der Waals surface area contributed by atoms with Crippen LogP contribution in [-0.4, -0.2) is 48.2 Å². The second kappa shape index (κ2) is 10.2. The number of hydrogen-bond donors (Lipinski definition) is 1. The lowest BCUT2D eigenvalue weighted by molar-refractivity contribution is -0.112. The predicted molar refractivity (Wildman–Crippen MR) is 130 cm³/mol. The Bertz CT molecular complexity index is 1230. The van der Waals surface area contributed by atoms with Crippen LogP contribution in [0, 0.1) is 0 Å². The highest BCUT2D eigenvalue weighted by molar-refractivity contribution is 7.97. The number of ether oxygens (including phenoxy) is 3. The average Bonchev–Trinajstić information content (AvgIpc) is 2.82. The average molecular weight is 489 g/mol. The third kappa shape index (κ3) is 4.72. The first-order valence-electron chi connectivity index (χ1n) is 10.7. The normalized spacial score (nSPS) is 14.3. The Hall–Kier alpha value is -3.53. The molecule has 3 rings (SSSR count). The fourth-order valence-corrected chi connectivity index (χ4v) is 5.03. The van der Waals surface area contributed by atoms with Crippen molar-refractivity contribution in [3.63, 3.8) is 0 Å². The summed E-state index contributed by atoms with van der Waals surface area (Å²) in [6.07, 6.45) is 1.69. The first-order valence-corrected chi connectivity index (χ1v) is 12.1. The molecular weight excluding hydrogens is 460 g/mol. The number of carbonyl (C=O) groups is 2. The number of amides is 1. The molecule has 0 unspecified atom stereocenters. The van der Waals surface area contributed by atoms with Crippen LogP contribution in [0.4, 0.5) is 11.4 Å². The van der Waals surface area contributed by atoms with E-state index in [9.17, 15) is 18.0 Å². The molecule has 10 heteroatoms. The molecule has 9 nitrogen and oxygen atoms in total. The summed E-state index contributed by atoms with van der Waals surface area (Å²) in [7, 11) is 0.174. The van der Waals surface area contributed by atoms with Gasteiger partial charge >= 0.3 is 5.97 Å². The Morgan fingerprint density at radius 2 is 1.65 bits per heavy atom. The van der Waals surface area contributed by atoms with Crippen molar-refractivity contribution in [2.45, 2.75) is 26.7 Å². The standard InChI is InChI=1S/C24H28N2O7S/c1-6-7-12-33-24(28)16-8-10-17(11-9-16)25-23(27)22-15(2)18-13-20(31-4)21(32-5)14-19(18)26(3)34(22,29)30/h8-11,13-14H,6-7,12H2,1-5H3,(H,25,27). The number of esters is 1. The summed E-state index contributed by atoms with van der Waals surface area (Å²) in [6.45, 7) is 3.91. The number of sulfonamides is 1. The number of allylic oxidation sites excluding steroid dienone is 1. The monoisotopic (exact) mass is 488 g/mol. The third-order valence-electron chi connectivity index (χ3n) is 5.52. The van der Waals surface area contributed by atoms with Gasteiger partial charge in [0, 0.05) is 24.4 Å². The summed E-state index contributed by atoms with van der Waals surface area (Å²) < 4.78 is 43.3. The molecule has 0 aliphatic carbocycles. The number of nitrogens with zero attached hydrogens (tertiary/aromatic N) is 1. The van der Waals surface area contributed by atoms with Gasteiger partial charge in [-0.1, -0.05) is 13.3 Å². The molecule has 1 N–H and O–H groups in total. The van der Waals surface area contributed by atoms with Crippen molar-refractivity contribution < 1.29 is 32.2 Å². The van der Waals surface area contributed by atoms with E-state index in [1.165, 1.54) is 45.5 Å². The second-order valence-electron chi connectivity index (χ2n) is 7.67. The topological polar surface area (TPSA) is 111 Å². The molecule has 0 aromatic heterocycles. The van der Waals surface area contributed by atoms with Crippen molar-refractivity contribution in [2.75, 3.05) is 37.5 Å². The van der Waals surface area contributed by atoms with Crippen LogP contribution >= 0.6 is 0 Å².